The molecule has 0 aliphatic carbocycles. The molecule has 0 bridgehead atoms. The molecule has 0 amide bonds. The summed E-state index contributed by atoms with van der Waals surface area (Å²) in [5, 5.41) is 14.9. The number of hydrogen-bond donors (Lipinski definition) is 1. The van der Waals surface area contributed by atoms with Crippen LogP contribution in [0.25, 0.3) is 0 Å². The molecule has 1 aromatic carbocycles. The molecule has 1 aliphatic rings. The molecule has 0 spiro atoms. The highest BCUT2D eigenvalue weighted by Crippen LogP contribution is 2.36. The van der Waals surface area contributed by atoms with Gasteiger partial charge in [0.25, 0.3) is 0 Å². The summed E-state index contributed by atoms with van der Waals surface area (Å²) >= 11 is 0. The van der Waals surface area contributed by atoms with Gasteiger partial charge < -0.3 is 10.2 Å². The Kier molecular flexibility index (Phi) is 4.83. The third-order valence-electron chi connectivity index (χ3n) is 4.54. The third-order valence-corrected chi connectivity index (χ3v) is 4.54. The predicted molar refractivity (Wildman–Crippen MR) is 98.5 cm³/mol. The van der Waals surface area contributed by atoms with Gasteiger partial charge >= 0.3 is 5.69 Å². The Bertz CT molecular complexity index is 773. The van der Waals surface area contributed by atoms with Gasteiger partial charge in [-0.25, -0.2) is 9.97 Å². The van der Waals surface area contributed by atoms with Gasteiger partial charge in [0.2, 0.25) is 11.6 Å². The number of rotatable bonds is 4. The van der Waals surface area contributed by atoms with E-state index in [-0.39, 0.29) is 22.5 Å². The number of benzene rings is 1. The van der Waals surface area contributed by atoms with Crippen molar-refractivity contribution in [3.8, 4) is 0 Å². The van der Waals surface area contributed by atoms with E-state index in [4.69, 9.17) is 0 Å². The molecule has 0 radical (unpaired) electrons. The van der Waals surface area contributed by atoms with Gasteiger partial charge in [-0.05, 0) is 63.3 Å². The van der Waals surface area contributed by atoms with Gasteiger partial charge in [-0.3, -0.25) is 10.1 Å². The molecule has 1 saturated heterocycles. The molecule has 1 unspecified atom stereocenters. The van der Waals surface area contributed by atoms with Crippen molar-refractivity contribution in [1.82, 2.24) is 9.97 Å². The SMILES string of the molecule is Cc1cc(C)cc(Nc2ncnc(N3CCCCC3C)c2[N+](=O)[O-])c1. The minimum atomic E-state index is -0.387. The Morgan fingerprint density at radius 2 is 1.92 bits per heavy atom. The molecule has 1 fully saturated rings. The molecular formula is C18H23N5O2. The first-order valence-electron chi connectivity index (χ1n) is 8.57. The summed E-state index contributed by atoms with van der Waals surface area (Å²) in [6, 6.07) is 6.18. The first-order chi connectivity index (χ1) is 12.0. The number of piperidine rings is 1. The van der Waals surface area contributed by atoms with Crippen LogP contribution in [0.1, 0.15) is 37.3 Å². The van der Waals surface area contributed by atoms with E-state index < -0.39 is 0 Å². The van der Waals surface area contributed by atoms with Crippen molar-refractivity contribution in [1.29, 1.82) is 0 Å². The minimum Gasteiger partial charge on any atom is -0.348 e. The Hall–Kier alpha value is -2.70. The maximum absolute atomic E-state index is 11.8. The zero-order valence-corrected chi connectivity index (χ0v) is 14.8. The molecule has 1 aromatic heterocycles. The molecule has 132 valence electrons. The summed E-state index contributed by atoms with van der Waals surface area (Å²) in [6.07, 6.45) is 4.57. The standard InChI is InChI=1S/C18H23N5O2/c1-12-8-13(2)10-15(9-12)21-17-16(23(24)25)18(20-11-19-17)22-7-5-4-6-14(22)3/h8-11,14H,4-7H2,1-3H3,(H,19,20,21). The van der Waals surface area contributed by atoms with E-state index in [0.29, 0.717) is 5.82 Å². The van der Waals surface area contributed by atoms with Crippen LogP contribution in [0.3, 0.4) is 0 Å². The van der Waals surface area contributed by atoms with Gasteiger partial charge in [0.1, 0.15) is 6.33 Å². The lowest BCUT2D eigenvalue weighted by Gasteiger charge is -2.33. The zero-order chi connectivity index (χ0) is 18.0. The van der Waals surface area contributed by atoms with Crippen molar-refractivity contribution < 1.29 is 4.92 Å². The lowest BCUT2D eigenvalue weighted by Crippen LogP contribution is -2.38. The first kappa shape index (κ1) is 17.1. The summed E-state index contributed by atoms with van der Waals surface area (Å²) in [5.74, 6) is 0.636. The van der Waals surface area contributed by atoms with E-state index in [0.717, 1.165) is 42.6 Å². The normalized spacial score (nSPS) is 17.4. The van der Waals surface area contributed by atoms with Crippen LogP contribution < -0.4 is 10.2 Å². The van der Waals surface area contributed by atoms with Crippen molar-refractivity contribution in [3.63, 3.8) is 0 Å². The molecule has 1 aliphatic heterocycles. The van der Waals surface area contributed by atoms with Crippen LogP contribution in [-0.2, 0) is 0 Å². The number of anilines is 3. The van der Waals surface area contributed by atoms with E-state index in [1.54, 1.807) is 0 Å². The first-order valence-corrected chi connectivity index (χ1v) is 8.57. The van der Waals surface area contributed by atoms with Crippen LogP contribution in [-0.4, -0.2) is 27.5 Å². The summed E-state index contributed by atoms with van der Waals surface area (Å²) in [7, 11) is 0. The molecule has 2 aromatic rings. The minimum absolute atomic E-state index is 0.0598. The summed E-state index contributed by atoms with van der Waals surface area (Å²) < 4.78 is 0. The van der Waals surface area contributed by atoms with E-state index in [1.807, 2.05) is 30.9 Å². The van der Waals surface area contributed by atoms with Crippen molar-refractivity contribution in [3.05, 3.63) is 45.8 Å². The number of hydrogen-bond acceptors (Lipinski definition) is 6. The van der Waals surface area contributed by atoms with E-state index in [1.165, 1.54) is 6.33 Å². The monoisotopic (exact) mass is 341 g/mol. The molecular weight excluding hydrogens is 318 g/mol. The maximum Gasteiger partial charge on any atom is 0.353 e. The van der Waals surface area contributed by atoms with E-state index in [9.17, 15) is 10.1 Å². The van der Waals surface area contributed by atoms with Crippen molar-refractivity contribution >= 4 is 23.0 Å². The van der Waals surface area contributed by atoms with Crippen LogP contribution in [0, 0.1) is 24.0 Å². The second-order valence-corrected chi connectivity index (χ2v) is 6.69. The molecule has 7 heteroatoms. The highest BCUT2D eigenvalue weighted by molar-refractivity contribution is 5.75. The van der Waals surface area contributed by atoms with Gasteiger partial charge in [0.15, 0.2) is 0 Å². The molecule has 7 nitrogen and oxygen atoms in total. The largest absolute Gasteiger partial charge is 0.353 e. The molecule has 2 heterocycles. The smallest absolute Gasteiger partial charge is 0.348 e. The maximum atomic E-state index is 11.8. The lowest BCUT2D eigenvalue weighted by molar-refractivity contribution is -0.383. The van der Waals surface area contributed by atoms with E-state index >= 15 is 0 Å². The Morgan fingerprint density at radius 3 is 2.56 bits per heavy atom. The predicted octanol–water partition coefficient (Wildman–Crippen LogP) is 4.12. The van der Waals surface area contributed by atoms with Gasteiger partial charge in [-0.15, -0.1) is 0 Å². The van der Waals surface area contributed by atoms with Gasteiger partial charge in [0.05, 0.1) is 4.92 Å². The molecule has 1 N–H and O–H groups in total. The molecule has 3 rings (SSSR count). The van der Waals surface area contributed by atoms with Crippen LogP contribution in [0.5, 0.6) is 0 Å². The molecule has 25 heavy (non-hydrogen) atoms. The Labute approximate surface area is 147 Å². The van der Waals surface area contributed by atoms with Gasteiger partial charge in [-0.2, -0.15) is 0 Å². The number of aromatic nitrogens is 2. The number of nitrogens with zero attached hydrogens (tertiary/aromatic N) is 4. The lowest BCUT2D eigenvalue weighted by atomic mass is 10.0. The quantitative estimate of drug-likeness (QED) is 0.665. The van der Waals surface area contributed by atoms with Crippen molar-refractivity contribution in [2.45, 2.75) is 46.1 Å². The van der Waals surface area contributed by atoms with Crippen molar-refractivity contribution in [2.24, 2.45) is 0 Å². The van der Waals surface area contributed by atoms with Gasteiger partial charge in [-0.1, -0.05) is 6.07 Å². The van der Waals surface area contributed by atoms with Crippen molar-refractivity contribution in [2.75, 3.05) is 16.8 Å². The fraction of sp³-hybridized carbons (Fsp3) is 0.444. The van der Waals surface area contributed by atoms with Crippen LogP contribution in [0.15, 0.2) is 24.5 Å². The Morgan fingerprint density at radius 1 is 1.20 bits per heavy atom. The zero-order valence-electron chi connectivity index (χ0n) is 14.8. The highest BCUT2D eigenvalue weighted by Gasteiger charge is 2.30. The molecule has 0 saturated carbocycles. The fourth-order valence-electron chi connectivity index (χ4n) is 3.44. The summed E-state index contributed by atoms with van der Waals surface area (Å²) in [4.78, 5) is 21.8. The van der Waals surface area contributed by atoms with Gasteiger partial charge in [0, 0.05) is 18.3 Å². The average Bonchev–Trinajstić information content (AvgIpc) is 2.54. The number of nitrogens with one attached hydrogen (secondary N) is 1. The highest BCUT2D eigenvalue weighted by atomic mass is 16.6. The topological polar surface area (TPSA) is 84.2 Å². The summed E-state index contributed by atoms with van der Waals surface area (Å²) in [6.45, 7) is 6.85. The van der Waals surface area contributed by atoms with Crippen LogP contribution in [0.2, 0.25) is 0 Å². The third kappa shape index (κ3) is 3.70. The molecule has 1 atom stereocenters. The Balaban J connectivity index is 2.02. The summed E-state index contributed by atoms with van der Waals surface area (Å²) in [5.41, 5.74) is 2.90. The second-order valence-electron chi connectivity index (χ2n) is 6.69. The van der Waals surface area contributed by atoms with E-state index in [2.05, 4.69) is 28.3 Å². The number of aryl methyl sites for hydroxylation is 2. The second kappa shape index (κ2) is 7.04. The number of nitro groups is 1. The fourth-order valence-corrected chi connectivity index (χ4v) is 3.44. The van der Waals surface area contributed by atoms with Crippen LogP contribution in [0.4, 0.5) is 23.0 Å². The van der Waals surface area contributed by atoms with Crippen LogP contribution >= 0.6 is 0 Å². The average molecular weight is 341 g/mol.